The summed E-state index contributed by atoms with van der Waals surface area (Å²) in [5.74, 6) is -0.538. The monoisotopic (exact) mass is 377 g/mol. The molecule has 1 atom stereocenters. The number of fused-ring (bicyclic) bond motifs is 1. The SMILES string of the molecule is CCNC(=O)c1cccc(NC(=O)CC2c3ccccc3C=CN2C(C)=O)c1. The number of anilines is 1. The van der Waals surface area contributed by atoms with E-state index in [1.165, 1.54) is 6.92 Å². The van der Waals surface area contributed by atoms with Crippen molar-refractivity contribution in [2.75, 3.05) is 11.9 Å². The van der Waals surface area contributed by atoms with Crippen molar-refractivity contribution in [1.29, 1.82) is 0 Å². The van der Waals surface area contributed by atoms with E-state index in [1.54, 1.807) is 35.4 Å². The molecule has 2 aromatic carbocycles. The minimum absolute atomic E-state index is 0.117. The lowest BCUT2D eigenvalue weighted by atomic mass is 9.93. The Labute approximate surface area is 164 Å². The molecule has 0 saturated heterocycles. The Kier molecular flexibility index (Phi) is 5.89. The molecule has 3 rings (SSSR count). The molecule has 1 heterocycles. The number of nitrogens with zero attached hydrogens (tertiary/aromatic N) is 1. The molecule has 0 aliphatic carbocycles. The fraction of sp³-hybridized carbons (Fsp3) is 0.227. The number of rotatable bonds is 5. The van der Waals surface area contributed by atoms with E-state index in [9.17, 15) is 14.4 Å². The third kappa shape index (κ3) is 4.28. The largest absolute Gasteiger partial charge is 0.352 e. The smallest absolute Gasteiger partial charge is 0.251 e. The zero-order valence-electron chi connectivity index (χ0n) is 15.9. The van der Waals surface area contributed by atoms with Gasteiger partial charge in [-0.05, 0) is 42.3 Å². The van der Waals surface area contributed by atoms with Crippen LogP contribution in [0.1, 0.15) is 47.8 Å². The number of carbonyl (C=O) groups is 3. The highest BCUT2D eigenvalue weighted by atomic mass is 16.2. The molecule has 6 heteroatoms. The van der Waals surface area contributed by atoms with Gasteiger partial charge in [0.05, 0.1) is 12.5 Å². The van der Waals surface area contributed by atoms with E-state index in [1.807, 2.05) is 37.3 Å². The first-order valence-electron chi connectivity index (χ1n) is 9.23. The molecule has 1 aliphatic rings. The highest BCUT2D eigenvalue weighted by Crippen LogP contribution is 2.33. The highest BCUT2D eigenvalue weighted by Gasteiger charge is 2.28. The minimum atomic E-state index is -0.370. The second kappa shape index (κ2) is 8.52. The van der Waals surface area contributed by atoms with Gasteiger partial charge in [0.1, 0.15) is 0 Å². The summed E-state index contributed by atoms with van der Waals surface area (Å²) in [4.78, 5) is 38.3. The number of hydrogen-bond donors (Lipinski definition) is 2. The Morgan fingerprint density at radius 1 is 1.07 bits per heavy atom. The zero-order chi connectivity index (χ0) is 20.1. The summed E-state index contributed by atoms with van der Waals surface area (Å²) in [5.41, 5.74) is 2.96. The van der Waals surface area contributed by atoms with Crippen LogP contribution in [-0.2, 0) is 9.59 Å². The second-order valence-corrected chi connectivity index (χ2v) is 6.58. The molecule has 144 valence electrons. The molecule has 1 unspecified atom stereocenters. The molecule has 1 aliphatic heterocycles. The lowest BCUT2D eigenvalue weighted by molar-refractivity contribution is -0.129. The van der Waals surface area contributed by atoms with Crippen LogP contribution in [0, 0.1) is 0 Å². The van der Waals surface area contributed by atoms with E-state index >= 15 is 0 Å². The average molecular weight is 377 g/mol. The van der Waals surface area contributed by atoms with Crippen molar-refractivity contribution in [3.8, 4) is 0 Å². The Balaban J connectivity index is 1.77. The molecular weight excluding hydrogens is 354 g/mol. The number of nitrogens with one attached hydrogen (secondary N) is 2. The molecule has 2 aromatic rings. The summed E-state index contributed by atoms with van der Waals surface area (Å²) < 4.78 is 0. The summed E-state index contributed by atoms with van der Waals surface area (Å²) in [6.07, 6.45) is 3.71. The first-order valence-corrected chi connectivity index (χ1v) is 9.23. The minimum Gasteiger partial charge on any atom is -0.352 e. The van der Waals surface area contributed by atoms with Crippen LogP contribution in [0.2, 0.25) is 0 Å². The van der Waals surface area contributed by atoms with Gasteiger partial charge in [0, 0.05) is 30.9 Å². The Morgan fingerprint density at radius 2 is 1.86 bits per heavy atom. The lowest BCUT2D eigenvalue weighted by Gasteiger charge is -2.32. The summed E-state index contributed by atoms with van der Waals surface area (Å²) >= 11 is 0. The van der Waals surface area contributed by atoms with Gasteiger partial charge >= 0.3 is 0 Å². The number of hydrogen-bond acceptors (Lipinski definition) is 3. The summed E-state index contributed by atoms with van der Waals surface area (Å²) in [6, 6.07) is 14.1. The van der Waals surface area contributed by atoms with Gasteiger partial charge in [-0.3, -0.25) is 14.4 Å². The van der Waals surface area contributed by atoms with Gasteiger partial charge in [-0.1, -0.05) is 30.3 Å². The summed E-state index contributed by atoms with van der Waals surface area (Å²) in [7, 11) is 0. The number of amides is 3. The van der Waals surface area contributed by atoms with Gasteiger partial charge in [0.25, 0.3) is 5.91 Å². The zero-order valence-corrected chi connectivity index (χ0v) is 15.9. The molecule has 3 amide bonds. The Hall–Kier alpha value is -3.41. The van der Waals surface area contributed by atoms with Crippen molar-refractivity contribution in [3.05, 3.63) is 71.4 Å². The lowest BCUT2D eigenvalue weighted by Crippen LogP contribution is -2.33. The van der Waals surface area contributed by atoms with Crippen LogP contribution < -0.4 is 10.6 Å². The van der Waals surface area contributed by atoms with E-state index in [2.05, 4.69) is 10.6 Å². The van der Waals surface area contributed by atoms with Crippen LogP contribution in [0.15, 0.2) is 54.7 Å². The van der Waals surface area contributed by atoms with Gasteiger partial charge < -0.3 is 15.5 Å². The molecule has 0 radical (unpaired) electrons. The molecule has 0 fully saturated rings. The normalized spacial score (nSPS) is 14.9. The van der Waals surface area contributed by atoms with Crippen molar-refractivity contribution < 1.29 is 14.4 Å². The maximum absolute atomic E-state index is 12.7. The van der Waals surface area contributed by atoms with Crippen LogP contribution in [0.5, 0.6) is 0 Å². The predicted octanol–water partition coefficient (Wildman–Crippen LogP) is 3.34. The van der Waals surface area contributed by atoms with Crippen LogP contribution in [-0.4, -0.2) is 29.2 Å². The van der Waals surface area contributed by atoms with E-state index < -0.39 is 0 Å². The van der Waals surface area contributed by atoms with Crippen molar-refractivity contribution in [3.63, 3.8) is 0 Å². The average Bonchev–Trinajstić information content (AvgIpc) is 2.68. The first-order chi connectivity index (χ1) is 13.5. The molecule has 0 saturated carbocycles. The number of carbonyl (C=O) groups excluding carboxylic acids is 3. The van der Waals surface area contributed by atoms with Crippen molar-refractivity contribution in [2.24, 2.45) is 0 Å². The van der Waals surface area contributed by atoms with E-state index in [0.717, 1.165) is 11.1 Å². The van der Waals surface area contributed by atoms with Crippen LogP contribution in [0.3, 0.4) is 0 Å². The van der Waals surface area contributed by atoms with Gasteiger partial charge in [0.15, 0.2) is 0 Å². The second-order valence-electron chi connectivity index (χ2n) is 6.58. The number of benzene rings is 2. The van der Waals surface area contributed by atoms with E-state index in [4.69, 9.17) is 0 Å². The van der Waals surface area contributed by atoms with Gasteiger partial charge in [-0.25, -0.2) is 0 Å². The Bertz CT molecular complexity index is 936. The maximum Gasteiger partial charge on any atom is 0.251 e. The highest BCUT2D eigenvalue weighted by molar-refractivity contribution is 5.97. The Morgan fingerprint density at radius 3 is 2.61 bits per heavy atom. The van der Waals surface area contributed by atoms with Crippen molar-refractivity contribution in [1.82, 2.24) is 10.2 Å². The molecule has 2 N–H and O–H groups in total. The molecule has 0 spiro atoms. The third-order valence-corrected chi connectivity index (χ3v) is 4.59. The maximum atomic E-state index is 12.7. The molecule has 28 heavy (non-hydrogen) atoms. The summed E-state index contributed by atoms with van der Waals surface area (Å²) in [5, 5.41) is 5.57. The molecular formula is C22H23N3O3. The van der Waals surface area contributed by atoms with Crippen LogP contribution in [0.25, 0.3) is 6.08 Å². The fourth-order valence-corrected chi connectivity index (χ4v) is 3.30. The van der Waals surface area contributed by atoms with E-state index in [-0.39, 0.29) is 30.2 Å². The molecule has 0 aromatic heterocycles. The van der Waals surface area contributed by atoms with Gasteiger partial charge in [-0.15, -0.1) is 0 Å². The predicted molar refractivity (Wildman–Crippen MR) is 108 cm³/mol. The first kappa shape index (κ1) is 19.4. The fourth-order valence-electron chi connectivity index (χ4n) is 3.30. The quantitative estimate of drug-likeness (QED) is 0.839. The third-order valence-electron chi connectivity index (χ3n) is 4.59. The topological polar surface area (TPSA) is 78.5 Å². The van der Waals surface area contributed by atoms with Gasteiger partial charge in [-0.2, -0.15) is 0 Å². The summed E-state index contributed by atoms with van der Waals surface area (Å²) in [6.45, 7) is 3.87. The van der Waals surface area contributed by atoms with Crippen LogP contribution >= 0.6 is 0 Å². The molecule has 0 bridgehead atoms. The van der Waals surface area contributed by atoms with Crippen LogP contribution in [0.4, 0.5) is 5.69 Å². The molecule has 6 nitrogen and oxygen atoms in total. The van der Waals surface area contributed by atoms with Crippen molar-refractivity contribution in [2.45, 2.75) is 26.3 Å². The standard InChI is InChI=1S/C22H23N3O3/c1-3-23-22(28)17-8-6-9-18(13-17)24-21(27)14-20-19-10-5-4-7-16(19)11-12-25(20)15(2)26/h4-13,20H,3,14H2,1-2H3,(H,23,28)(H,24,27). The van der Waals surface area contributed by atoms with Gasteiger partial charge in [0.2, 0.25) is 11.8 Å². The van der Waals surface area contributed by atoms with Crippen molar-refractivity contribution >= 4 is 29.5 Å². The van der Waals surface area contributed by atoms with E-state index in [0.29, 0.717) is 17.8 Å².